The Morgan fingerprint density at radius 3 is 2.70 bits per heavy atom. The van der Waals surface area contributed by atoms with E-state index in [1.807, 2.05) is 41.8 Å². The van der Waals surface area contributed by atoms with Crippen LogP contribution in [0.4, 0.5) is 0 Å². The summed E-state index contributed by atoms with van der Waals surface area (Å²) in [6, 6.07) is 13.2. The fourth-order valence-electron chi connectivity index (χ4n) is 2.75. The molecule has 23 heavy (non-hydrogen) atoms. The van der Waals surface area contributed by atoms with Crippen molar-refractivity contribution in [3.05, 3.63) is 57.7 Å². The van der Waals surface area contributed by atoms with E-state index in [4.69, 9.17) is 21.1 Å². The third kappa shape index (κ3) is 2.22. The minimum absolute atomic E-state index is 0.350. The van der Waals surface area contributed by atoms with Crippen molar-refractivity contribution in [3.63, 3.8) is 0 Å². The molecule has 1 aliphatic rings. The highest BCUT2D eigenvalue weighted by Crippen LogP contribution is 2.50. The molecule has 0 spiro atoms. The zero-order valence-corrected chi connectivity index (χ0v) is 13.7. The van der Waals surface area contributed by atoms with Crippen molar-refractivity contribution in [2.45, 2.75) is 0 Å². The molecule has 0 aliphatic carbocycles. The molecule has 0 unspecified atom stereocenters. The van der Waals surface area contributed by atoms with Crippen molar-refractivity contribution < 1.29 is 14.3 Å². The highest BCUT2D eigenvalue weighted by molar-refractivity contribution is 7.13. The van der Waals surface area contributed by atoms with Gasteiger partial charge in [-0.1, -0.05) is 29.8 Å². The molecule has 0 radical (unpaired) electrons. The molecule has 2 aromatic carbocycles. The van der Waals surface area contributed by atoms with Gasteiger partial charge in [0.1, 0.15) is 16.4 Å². The minimum Gasteiger partial charge on any atom is -0.465 e. The van der Waals surface area contributed by atoms with E-state index in [0.29, 0.717) is 15.6 Å². The average Bonchev–Trinajstić information content (AvgIpc) is 2.95. The van der Waals surface area contributed by atoms with Gasteiger partial charge in [-0.3, -0.25) is 0 Å². The summed E-state index contributed by atoms with van der Waals surface area (Å²) in [4.78, 5) is 12.7. The second-order valence-electron chi connectivity index (χ2n) is 5.08. The van der Waals surface area contributed by atoms with Crippen LogP contribution in [0.15, 0.2) is 47.8 Å². The van der Waals surface area contributed by atoms with Gasteiger partial charge in [-0.15, -0.1) is 11.3 Å². The number of halogens is 1. The maximum absolute atomic E-state index is 12.2. The summed E-state index contributed by atoms with van der Waals surface area (Å²) in [5, 5.41) is 2.57. The maximum Gasteiger partial charge on any atom is 0.348 e. The number of carbonyl (C=O) groups is 1. The molecule has 1 aliphatic heterocycles. The molecule has 0 saturated carbocycles. The quantitative estimate of drug-likeness (QED) is 0.421. The average molecular weight is 343 g/mol. The van der Waals surface area contributed by atoms with Crippen LogP contribution in [0.2, 0.25) is 5.02 Å². The van der Waals surface area contributed by atoms with Crippen molar-refractivity contribution in [1.29, 1.82) is 0 Å². The number of para-hydroxylation sites is 1. The third-order valence-corrected chi connectivity index (χ3v) is 4.97. The Morgan fingerprint density at radius 2 is 1.87 bits per heavy atom. The Labute approximate surface area is 142 Å². The highest BCUT2D eigenvalue weighted by Gasteiger charge is 2.27. The van der Waals surface area contributed by atoms with E-state index < -0.39 is 0 Å². The van der Waals surface area contributed by atoms with Crippen LogP contribution in [0, 0.1) is 0 Å². The normalized spacial score (nSPS) is 11.6. The molecule has 0 N–H and O–H groups in total. The Hall–Kier alpha value is -2.30. The van der Waals surface area contributed by atoms with E-state index in [2.05, 4.69) is 0 Å². The summed E-state index contributed by atoms with van der Waals surface area (Å²) in [6.45, 7) is 0. The Balaban J connectivity index is 2.09. The van der Waals surface area contributed by atoms with Gasteiger partial charge in [0.05, 0.1) is 7.11 Å². The largest absolute Gasteiger partial charge is 0.465 e. The number of hydrogen-bond donors (Lipinski definition) is 0. The lowest BCUT2D eigenvalue weighted by molar-refractivity contribution is 0.0607. The summed E-state index contributed by atoms with van der Waals surface area (Å²) in [5.41, 5.74) is 3.50. The van der Waals surface area contributed by atoms with Crippen LogP contribution < -0.4 is 4.74 Å². The number of carbonyl (C=O) groups excluding carboxylic acids is 1. The molecule has 3 nitrogen and oxygen atoms in total. The third-order valence-electron chi connectivity index (χ3n) is 3.77. The van der Waals surface area contributed by atoms with E-state index in [0.717, 1.165) is 28.0 Å². The van der Waals surface area contributed by atoms with E-state index in [9.17, 15) is 4.79 Å². The molecule has 0 atom stereocenters. The van der Waals surface area contributed by atoms with E-state index in [1.54, 1.807) is 6.07 Å². The zero-order valence-electron chi connectivity index (χ0n) is 12.1. The SMILES string of the molecule is COC(=O)c1scc2c1-c1ccccc1Oc1ccc(Cl)cc1-2. The molecule has 0 amide bonds. The molecule has 1 aromatic heterocycles. The van der Waals surface area contributed by atoms with Gasteiger partial charge in [0.15, 0.2) is 0 Å². The monoisotopic (exact) mass is 342 g/mol. The first-order valence-electron chi connectivity index (χ1n) is 6.96. The second-order valence-corrected chi connectivity index (χ2v) is 6.40. The predicted molar refractivity (Wildman–Crippen MR) is 91.6 cm³/mol. The van der Waals surface area contributed by atoms with Crippen LogP contribution in [0.25, 0.3) is 22.3 Å². The van der Waals surface area contributed by atoms with Crippen LogP contribution in [-0.4, -0.2) is 13.1 Å². The molecule has 0 bridgehead atoms. The number of rotatable bonds is 1. The number of methoxy groups -OCH3 is 1. The summed E-state index contributed by atoms with van der Waals surface area (Å²) < 4.78 is 11.0. The summed E-state index contributed by atoms with van der Waals surface area (Å²) in [6.07, 6.45) is 0. The number of fused-ring (bicyclic) bond motifs is 5. The van der Waals surface area contributed by atoms with Gasteiger partial charge in [0.25, 0.3) is 0 Å². The lowest BCUT2D eigenvalue weighted by Crippen LogP contribution is -2.00. The minimum atomic E-state index is -0.350. The molecule has 0 saturated heterocycles. The van der Waals surface area contributed by atoms with Crippen LogP contribution in [-0.2, 0) is 4.74 Å². The molecule has 0 fully saturated rings. The Morgan fingerprint density at radius 1 is 1.09 bits per heavy atom. The summed E-state index contributed by atoms with van der Waals surface area (Å²) in [5.74, 6) is 1.07. The molecular weight excluding hydrogens is 332 g/mol. The summed E-state index contributed by atoms with van der Waals surface area (Å²) >= 11 is 7.53. The van der Waals surface area contributed by atoms with Gasteiger partial charge < -0.3 is 9.47 Å². The van der Waals surface area contributed by atoms with Gasteiger partial charge >= 0.3 is 5.97 Å². The second kappa shape index (κ2) is 5.41. The van der Waals surface area contributed by atoms with Crippen molar-refractivity contribution in [3.8, 4) is 33.8 Å². The van der Waals surface area contributed by atoms with Crippen molar-refractivity contribution in [1.82, 2.24) is 0 Å². The van der Waals surface area contributed by atoms with Crippen molar-refractivity contribution in [2.75, 3.05) is 7.11 Å². The Kier molecular flexibility index (Phi) is 3.36. The van der Waals surface area contributed by atoms with E-state index >= 15 is 0 Å². The molecule has 114 valence electrons. The highest BCUT2D eigenvalue weighted by atomic mass is 35.5. The van der Waals surface area contributed by atoms with Crippen LogP contribution in [0.5, 0.6) is 11.5 Å². The number of hydrogen-bond acceptors (Lipinski definition) is 4. The number of esters is 1. The van der Waals surface area contributed by atoms with Crippen molar-refractivity contribution in [2.24, 2.45) is 0 Å². The smallest absolute Gasteiger partial charge is 0.348 e. The molecule has 5 heteroatoms. The number of thiophene rings is 1. The standard InChI is InChI=1S/C18H11ClO3S/c1-21-18(20)17-16-11-4-2-3-5-14(11)22-15-7-6-10(19)8-12(15)13(16)9-23-17/h2-9H,1H3. The first-order chi connectivity index (χ1) is 11.2. The fraction of sp³-hybridized carbons (Fsp3) is 0.0556. The lowest BCUT2D eigenvalue weighted by Gasteiger charge is -2.09. The van der Waals surface area contributed by atoms with Crippen LogP contribution in [0.3, 0.4) is 0 Å². The van der Waals surface area contributed by atoms with Gasteiger partial charge in [0, 0.05) is 32.7 Å². The maximum atomic E-state index is 12.2. The topological polar surface area (TPSA) is 35.5 Å². The fourth-order valence-corrected chi connectivity index (χ4v) is 3.92. The van der Waals surface area contributed by atoms with Gasteiger partial charge in [-0.05, 0) is 24.3 Å². The number of benzene rings is 2. The van der Waals surface area contributed by atoms with Gasteiger partial charge in [0.2, 0.25) is 0 Å². The molecule has 3 aromatic rings. The van der Waals surface area contributed by atoms with Crippen LogP contribution >= 0.6 is 22.9 Å². The first-order valence-corrected chi connectivity index (χ1v) is 8.22. The summed E-state index contributed by atoms with van der Waals surface area (Å²) in [7, 11) is 1.39. The molecule has 4 rings (SSSR count). The van der Waals surface area contributed by atoms with Crippen LogP contribution in [0.1, 0.15) is 9.67 Å². The zero-order chi connectivity index (χ0) is 16.0. The Bertz CT molecular complexity index is 930. The number of ether oxygens (including phenoxy) is 2. The van der Waals surface area contributed by atoms with E-state index in [-0.39, 0.29) is 5.97 Å². The molecule has 2 heterocycles. The van der Waals surface area contributed by atoms with Gasteiger partial charge in [-0.2, -0.15) is 0 Å². The first kappa shape index (κ1) is 14.3. The van der Waals surface area contributed by atoms with Crippen molar-refractivity contribution >= 4 is 28.9 Å². The van der Waals surface area contributed by atoms with E-state index in [1.165, 1.54) is 18.4 Å². The molecular formula is C18H11ClO3S. The predicted octanol–water partition coefficient (Wildman–Crippen LogP) is 5.63. The van der Waals surface area contributed by atoms with Gasteiger partial charge in [-0.25, -0.2) is 4.79 Å². The lowest BCUT2D eigenvalue weighted by atomic mass is 9.97.